The average molecular weight is 283 g/mol. The fraction of sp³-hybridized carbons (Fsp3) is 0.0714. The molecule has 0 saturated carbocycles. The molecule has 0 atom stereocenters. The van der Waals surface area contributed by atoms with Gasteiger partial charge in [0.2, 0.25) is 5.82 Å². The molecule has 0 bridgehead atoms. The average Bonchev–Trinajstić information content (AvgIpc) is 2.94. The molecule has 0 amide bonds. The van der Waals surface area contributed by atoms with Crippen molar-refractivity contribution in [1.29, 1.82) is 0 Å². The van der Waals surface area contributed by atoms with E-state index in [-0.39, 0.29) is 11.5 Å². The number of fused-ring (bicyclic) bond motifs is 1. The van der Waals surface area contributed by atoms with Gasteiger partial charge in [0.05, 0.1) is 4.92 Å². The van der Waals surface area contributed by atoms with Crippen LogP contribution in [-0.4, -0.2) is 21.9 Å². The van der Waals surface area contributed by atoms with Crippen molar-refractivity contribution in [3.05, 3.63) is 52.7 Å². The number of aromatic amines is 1. The number of H-pyrrole nitrogens is 1. The zero-order chi connectivity index (χ0) is 14.8. The van der Waals surface area contributed by atoms with E-state index in [0.717, 1.165) is 16.6 Å². The Labute approximate surface area is 120 Å². The molecule has 0 radical (unpaired) electrons. The SMILES string of the molecule is CNc1ccc([N+](=O)[O-])c(Nc2ccc3[nH]ccc3c2)n1. The quantitative estimate of drug-likeness (QED) is 0.504. The monoisotopic (exact) mass is 283 g/mol. The van der Waals surface area contributed by atoms with Crippen molar-refractivity contribution in [1.82, 2.24) is 9.97 Å². The lowest BCUT2D eigenvalue weighted by molar-refractivity contribution is -0.384. The van der Waals surface area contributed by atoms with E-state index >= 15 is 0 Å². The zero-order valence-electron chi connectivity index (χ0n) is 11.3. The molecule has 0 unspecified atom stereocenters. The Morgan fingerprint density at radius 2 is 2.10 bits per heavy atom. The van der Waals surface area contributed by atoms with Gasteiger partial charge in [0.1, 0.15) is 5.82 Å². The van der Waals surface area contributed by atoms with Crippen molar-refractivity contribution in [2.45, 2.75) is 0 Å². The highest BCUT2D eigenvalue weighted by Gasteiger charge is 2.16. The number of hydrogen-bond donors (Lipinski definition) is 3. The van der Waals surface area contributed by atoms with Crippen molar-refractivity contribution in [2.75, 3.05) is 17.7 Å². The third-order valence-corrected chi connectivity index (χ3v) is 3.14. The zero-order valence-corrected chi connectivity index (χ0v) is 11.3. The standard InChI is InChI=1S/C14H13N5O2/c1-15-13-5-4-12(19(20)21)14(18-13)17-10-2-3-11-9(8-10)6-7-16-11/h2-8,16H,1H3,(H2,15,17,18). The highest BCUT2D eigenvalue weighted by atomic mass is 16.6. The largest absolute Gasteiger partial charge is 0.373 e. The molecule has 2 aromatic heterocycles. The molecule has 7 heteroatoms. The van der Waals surface area contributed by atoms with Crippen LogP contribution in [-0.2, 0) is 0 Å². The van der Waals surface area contributed by atoms with Crippen LogP contribution in [0, 0.1) is 10.1 Å². The highest BCUT2D eigenvalue weighted by Crippen LogP contribution is 2.28. The highest BCUT2D eigenvalue weighted by molar-refractivity contribution is 5.84. The smallest absolute Gasteiger partial charge is 0.311 e. The van der Waals surface area contributed by atoms with E-state index in [9.17, 15) is 10.1 Å². The maximum Gasteiger partial charge on any atom is 0.311 e. The van der Waals surface area contributed by atoms with Crippen molar-refractivity contribution in [3.63, 3.8) is 0 Å². The van der Waals surface area contributed by atoms with Gasteiger partial charge in [-0.3, -0.25) is 10.1 Å². The first-order chi connectivity index (χ1) is 10.2. The number of hydrogen-bond acceptors (Lipinski definition) is 5. The van der Waals surface area contributed by atoms with Crippen molar-refractivity contribution in [2.24, 2.45) is 0 Å². The van der Waals surface area contributed by atoms with Crippen LogP contribution in [0.3, 0.4) is 0 Å². The maximum absolute atomic E-state index is 11.1. The minimum absolute atomic E-state index is 0.0665. The van der Waals surface area contributed by atoms with Gasteiger partial charge in [-0.15, -0.1) is 0 Å². The number of nitro groups is 1. The molecule has 0 aliphatic carbocycles. The predicted octanol–water partition coefficient (Wildman–Crippen LogP) is 3.26. The summed E-state index contributed by atoms with van der Waals surface area (Å²) >= 11 is 0. The molecule has 106 valence electrons. The molecule has 0 fully saturated rings. The Morgan fingerprint density at radius 3 is 2.86 bits per heavy atom. The number of pyridine rings is 1. The van der Waals surface area contributed by atoms with Crippen LogP contribution in [0.1, 0.15) is 0 Å². The van der Waals surface area contributed by atoms with Crippen LogP contribution in [0.2, 0.25) is 0 Å². The number of aromatic nitrogens is 2. The van der Waals surface area contributed by atoms with E-state index in [1.54, 1.807) is 13.1 Å². The number of nitrogens with zero attached hydrogens (tertiary/aromatic N) is 2. The molecule has 2 heterocycles. The van der Waals surface area contributed by atoms with Crippen molar-refractivity contribution in [3.8, 4) is 0 Å². The van der Waals surface area contributed by atoms with Gasteiger partial charge >= 0.3 is 5.69 Å². The lowest BCUT2D eigenvalue weighted by atomic mass is 10.2. The molecular formula is C14H13N5O2. The minimum atomic E-state index is -0.455. The molecule has 3 N–H and O–H groups in total. The molecule has 3 rings (SSSR count). The fourth-order valence-corrected chi connectivity index (χ4v) is 2.10. The van der Waals surface area contributed by atoms with Crippen LogP contribution in [0.25, 0.3) is 10.9 Å². The van der Waals surface area contributed by atoms with Gasteiger partial charge in [-0.1, -0.05) is 0 Å². The summed E-state index contributed by atoms with van der Waals surface area (Å²) in [5.74, 6) is 0.771. The normalized spacial score (nSPS) is 10.5. The summed E-state index contributed by atoms with van der Waals surface area (Å²) in [6.45, 7) is 0. The van der Waals surface area contributed by atoms with E-state index in [1.165, 1.54) is 6.07 Å². The Hall–Kier alpha value is -3.09. The summed E-state index contributed by atoms with van der Waals surface area (Å²) in [4.78, 5) is 17.9. The second-order valence-electron chi connectivity index (χ2n) is 4.48. The van der Waals surface area contributed by atoms with E-state index in [2.05, 4.69) is 20.6 Å². The molecular weight excluding hydrogens is 270 g/mol. The minimum Gasteiger partial charge on any atom is -0.373 e. The summed E-state index contributed by atoms with van der Waals surface area (Å²) in [6, 6.07) is 10.6. The molecule has 7 nitrogen and oxygen atoms in total. The number of anilines is 3. The number of nitrogens with one attached hydrogen (secondary N) is 3. The second-order valence-corrected chi connectivity index (χ2v) is 4.48. The summed E-state index contributed by atoms with van der Waals surface area (Å²) in [7, 11) is 1.71. The van der Waals surface area contributed by atoms with Crippen molar-refractivity contribution < 1.29 is 4.92 Å². The van der Waals surface area contributed by atoms with E-state index in [0.29, 0.717) is 5.82 Å². The lowest BCUT2D eigenvalue weighted by Crippen LogP contribution is -2.02. The van der Waals surface area contributed by atoms with Gasteiger partial charge in [-0.05, 0) is 30.3 Å². The van der Waals surface area contributed by atoms with E-state index < -0.39 is 4.92 Å². The van der Waals surface area contributed by atoms with Gasteiger partial charge in [0, 0.05) is 35.9 Å². The van der Waals surface area contributed by atoms with E-state index in [1.807, 2.05) is 30.5 Å². The molecule has 0 aliphatic heterocycles. The van der Waals surface area contributed by atoms with Crippen LogP contribution in [0.15, 0.2) is 42.6 Å². The van der Waals surface area contributed by atoms with Crippen LogP contribution >= 0.6 is 0 Å². The molecule has 3 aromatic rings. The lowest BCUT2D eigenvalue weighted by Gasteiger charge is -2.08. The molecule has 1 aromatic carbocycles. The summed E-state index contributed by atoms with van der Waals surface area (Å²) in [5.41, 5.74) is 1.68. The van der Waals surface area contributed by atoms with Gasteiger partial charge in [-0.25, -0.2) is 4.98 Å². The van der Waals surface area contributed by atoms with Crippen LogP contribution in [0.5, 0.6) is 0 Å². The first-order valence-electron chi connectivity index (χ1n) is 6.35. The fourth-order valence-electron chi connectivity index (χ4n) is 2.10. The first-order valence-corrected chi connectivity index (χ1v) is 6.35. The Morgan fingerprint density at radius 1 is 1.24 bits per heavy atom. The second kappa shape index (κ2) is 5.12. The third kappa shape index (κ3) is 2.48. The van der Waals surface area contributed by atoms with Gasteiger partial charge in [-0.2, -0.15) is 0 Å². The maximum atomic E-state index is 11.1. The van der Waals surface area contributed by atoms with E-state index in [4.69, 9.17) is 0 Å². The number of rotatable bonds is 4. The topological polar surface area (TPSA) is 95.9 Å². The predicted molar refractivity (Wildman–Crippen MR) is 82.0 cm³/mol. The molecule has 21 heavy (non-hydrogen) atoms. The van der Waals surface area contributed by atoms with Gasteiger partial charge in [0.15, 0.2) is 0 Å². The summed E-state index contributed by atoms with van der Waals surface area (Å²) in [6.07, 6.45) is 1.84. The van der Waals surface area contributed by atoms with Crippen molar-refractivity contribution >= 4 is 33.9 Å². The Bertz CT molecular complexity index is 812. The number of benzene rings is 1. The summed E-state index contributed by atoms with van der Waals surface area (Å²) < 4.78 is 0. The molecule has 0 aliphatic rings. The first kappa shape index (κ1) is 12.9. The molecule has 0 spiro atoms. The summed E-state index contributed by atoms with van der Waals surface area (Å²) in [5, 5.41) is 18.0. The van der Waals surface area contributed by atoms with Crippen LogP contribution in [0.4, 0.5) is 23.0 Å². The Kier molecular flexibility index (Phi) is 3.15. The third-order valence-electron chi connectivity index (χ3n) is 3.14. The van der Waals surface area contributed by atoms with Gasteiger partial charge < -0.3 is 15.6 Å². The van der Waals surface area contributed by atoms with Gasteiger partial charge in [0.25, 0.3) is 0 Å². The Balaban J connectivity index is 2.00. The molecule has 0 saturated heterocycles. The van der Waals surface area contributed by atoms with Crippen LogP contribution < -0.4 is 10.6 Å².